The summed E-state index contributed by atoms with van der Waals surface area (Å²) in [4.78, 5) is 11.1. The van der Waals surface area contributed by atoms with Crippen LogP contribution in [-0.2, 0) is 13.1 Å². The van der Waals surface area contributed by atoms with Gasteiger partial charge in [-0.1, -0.05) is 19.9 Å². The van der Waals surface area contributed by atoms with Gasteiger partial charge in [-0.2, -0.15) is 0 Å². The first-order chi connectivity index (χ1) is 11.9. The van der Waals surface area contributed by atoms with Crippen molar-refractivity contribution in [1.82, 2.24) is 15.6 Å². The Bertz CT molecular complexity index is 718. The third kappa shape index (κ3) is 5.46. The number of hydrogen-bond acceptors (Lipinski definition) is 4. The van der Waals surface area contributed by atoms with Gasteiger partial charge in [-0.15, -0.1) is 11.3 Å². The Labute approximate surface area is 155 Å². The molecule has 1 aromatic carbocycles. The second-order valence-corrected chi connectivity index (χ2v) is 7.55. The molecule has 0 amide bonds. The van der Waals surface area contributed by atoms with Gasteiger partial charge in [0.15, 0.2) is 5.96 Å². The predicted octanol–water partition coefficient (Wildman–Crippen LogP) is 3.51. The summed E-state index contributed by atoms with van der Waals surface area (Å²) in [6.45, 7) is 7.90. The minimum atomic E-state index is 0.468. The highest BCUT2D eigenvalue weighted by Crippen LogP contribution is 2.18. The number of anilines is 1. The number of thiazole rings is 1. The molecule has 2 N–H and O–H groups in total. The van der Waals surface area contributed by atoms with Gasteiger partial charge in [0.05, 0.1) is 12.2 Å². The lowest BCUT2D eigenvalue weighted by Gasteiger charge is -2.16. The Balaban J connectivity index is 1.89. The van der Waals surface area contributed by atoms with E-state index in [-0.39, 0.29) is 0 Å². The summed E-state index contributed by atoms with van der Waals surface area (Å²) in [5.74, 6) is 1.26. The fourth-order valence-electron chi connectivity index (χ4n) is 2.39. The second kappa shape index (κ2) is 8.85. The molecule has 25 heavy (non-hydrogen) atoms. The van der Waals surface area contributed by atoms with Crippen molar-refractivity contribution < 1.29 is 0 Å². The van der Waals surface area contributed by atoms with Crippen molar-refractivity contribution in [2.75, 3.05) is 26.0 Å². The first kappa shape index (κ1) is 19.2. The Morgan fingerprint density at radius 2 is 1.96 bits per heavy atom. The van der Waals surface area contributed by atoms with Crippen LogP contribution in [0.3, 0.4) is 0 Å². The lowest BCUT2D eigenvalue weighted by atomic mass is 10.1. The molecule has 0 aliphatic rings. The van der Waals surface area contributed by atoms with Crippen LogP contribution in [0.4, 0.5) is 5.69 Å². The molecule has 0 unspecified atom stereocenters. The molecule has 136 valence electrons. The highest BCUT2D eigenvalue weighted by molar-refractivity contribution is 7.09. The number of benzene rings is 1. The van der Waals surface area contributed by atoms with Crippen LogP contribution in [0.2, 0.25) is 0 Å². The topological polar surface area (TPSA) is 52.6 Å². The zero-order chi connectivity index (χ0) is 18.4. The standard InChI is InChI=1S/C19H29N5S/c1-13(2)17-12-25-18(23-17)11-22-19(20-4)21-10-15-7-8-16(24(5)6)9-14(15)3/h7-9,12-13H,10-11H2,1-6H3,(H2,20,21,22). The van der Waals surface area contributed by atoms with Gasteiger partial charge in [-0.3, -0.25) is 4.99 Å². The molecular formula is C19H29N5S. The van der Waals surface area contributed by atoms with E-state index in [2.05, 4.69) is 84.0 Å². The number of rotatable bonds is 6. The molecule has 0 aliphatic heterocycles. The number of hydrogen-bond donors (Lipinski definition) is 2. The van der Waals surface area contributed by atoms with Crippen LogP contribution in [0.5, 0.6) is 0 Å². The Hall–Kier alpha value is -2.08. The monoisotopic (exact) mass is 359 g/mol. The summed E-state index contributed by atoms with van der Waals surface area (Å²) in [5.41, 5.74) is 4.91. The van der Waals surface area contributed by atoms with Crippen molar-refractivity contribution in [3.05, 3.63) is 45.4 Å². The van der Waals surface area contributed by atoms with Crippen LogP contribution >= 0.6 is 11.3 Å². The van der Waals surface area contributed by atoms with Gasteiger partial charge in [0.1, 0.15) is 5.01 Å². The Morgan fingerprint density at radius 1 is 1.24 bits per heavy atom. The van der Waals surface area contributed by atoms with E-state index < -0.39 is 0 Å². The van der Waals surface area contributed by atoms with E-state index >= 15 is 0 Å². The third-order valence-electron chi connectivity index (χ3n) is 4.08. The zero-order valence-electron chi connectivity index (χ0n) is 16.1. The van der Waals surface area contributed by atoms with E-state index in [9.17, 15) is 0 Å². The van der Waals surface area contributed by atoms with Gasteiger partial charge in [0.2, 0.25) is 0 Å². The Morgan fingerprint density at radius 3 is 2.52 bits per heavy atom. The largest absolute Gasteiger partial charge is 0.378 e. The van der Waals surface area contributed by atoms with E-state index in [1.807, 2.05) is 0 Å². The fraction of sp³-hybridized carbons (Fsp3) is 0.474. The molecule has 0 saturated heterocycles. The first-order valence-electron chi connectivity index (χ1n) is 8.56. The van der Waals surface area contributed by atoms with E-state index in [1.165, 1.54) is 16.8 Å². The smallest absolute Gasteiger partial charge is 0.191 e. The van der Waals surface area contributed by atoms with Crippen molar-refractivity contribution in [2.24, 2.45) is 4.99 Å². The van der Waals surface area contributed by atoms with Gasteiger partial charge in [-0.25, -0.2) is 4.98 Å². The first-order valence-corrected chi connectivity index (χ1v) is 9.44. The summed E-state index contributed by atoms with van der Waals surface area (Å²) in [5, 5.41) is 9.93. The summed E-state index contributed by atoms with van der Waals surface area (Å²) >= 11 is 1.69. The number of guanidine groups is 1. The van der Waals surface area contributed by atoms with Crippen LogP contribution in [0.1, 0.15) is 41.6 Å². The lowest BCUT2D eigenvalue weighted by Crippen LogP contribution is -2.36. The normalized spacial score (nSPS) is 11.7. The quantitative estimate of drug-likeness (QED) is 0.612. The predicted molar refractivity (Wildman–Crippen MR) is 109 cm³/mol. The number of aromatic nitrogens is 1. The maximum absolute atomic E-state index is 4.64. The van der Waals surface area contributed by atoms with E-state index in [0.717, 1.165) is 23.2 Å². The summed E-state index contributed by atoms with van der Waals surface area (Å²) < 4.78 is 0. The molecule has 1 heterocycles. The third-order valence-corrected chi connectivity index (χ3v) is 4.95. The lowest BCUT2D eigenvalue weighted by molar-refractivity contribution is 0.784. The number of nitrogens with one attached hydrogen (secondary N) is 2. The summed E-state index contributed by atoms with van der Waals surface area (Å²) in [7, 11) is 5.91. The second-order valence-electron chi connectivity index (χ2n) is 6.61. The van der Waals surface area contributed by atoms with Gasteiger partial charge in [-0.05, 0) is 36.1 Å². The molecule has 2 aromatic rings. The van der Waals surface area contributed by atoms with Crippen LogP contribution in [0.25, 0.3) is 0 Å². The van der Waals surface area contributed by atoms with Gasteiger partial charge >= 0.3 is 0 Å². The average molecular weight is 360 g/mol. The van der Waals surface area contributed by atoms with E-state index in [1.54, 1.807) is 18.4 Å². The van der Waals surface area contributed by atoms with Crippen molar-refractivity contribution in [3.63, 3.8) is 0 Å². The molecule has 0 bridgehead atoms. The number of aryl methyl sites for hydroxylation is 1. The van der Waals surface area contributed by atoms with E-state index in [0.29, 0.717) is 12.5 Å². The van der Waals surface area contributed by atoms with Crippen molar-refractivity contribution >= 4 is 23.0 Å². The summed E-state index contributed by atoms with van der Waals surface area (Å²) in [6.07, 6.45) is 0. The number of aliphatic imine (C=N–C) groups is 1. The summed E-state index contributed by atoms with van der Waals surface area (Å²) in [6, 6.07) is 6.51. The fourth-order valence-corrected chi connectivity index (χ4v) is 3.28. The van der Waals surface area contributed by atoms with Crippen LogP contribution in [0.15, 0.2) is 28.6 Å². The average Bonchev–Trinajstić information content (AvgIpc) is 3.05. The van der Waals surface area contributed by atoms with Crippen molar-refractivity contribution in [2.45, 2.75) is 39.8 Å². The van der Waals surface area contributed by atoms with Gasteiger partial charge < -0.3 is 15.5 Å². The maximum atomic E-state index is 4.64. The van der Waals surface area contributed by atoms with E-state index in [4.69, 9.17) is 0 Å². The highest BCUT2D eigenvalue weighted by atomic mass is 32.1. The zero-order valence-corrected chi connectivity index (χ0v) is 16.9. The molecule has 2 rings (SSSR count). The van der Waals surface area contributed by atoms with Crippen LogP contribution < -0.4 is 15.5 Å². The van der Waals surface area contributed by atoms with Gasteiger partial charge in [0.25, 0.3) is 0 Å². The molecule has 0 saturated carbocycles. The minimum Gasteiger partial charge on any atom is -0.378 e. The molecule has 0 spiro atoms. The Kier molecular flexibility index (Phi) is 6.82. The van der Waals surface area contributed by atoms with Crippen LogP contribution in [0, 0.1) is 6.92 Å². The maximum Gasteiger partial charge on any atom is 0.191 e. The molecule has 0 aliphatic carbocycles. The molecule has 0 fully saturated rings. The highest BCUT2D eigenvalue weighted by Gasteiger charge is 2.07. The molecule has 0 atom stereocenters. The molecule has 0 radical (unpaired) electrons. The number of nitrogens with zero attached hydrogens (tertiary/aromatic N) is 3. The molecular weight excluding hydrogens is 330 g/mol. The van der Waals surface area contributed by atoms with Gasteiger partial charge in [0, 0.05) is 38.8 Å². The molecule has 6 heteroatoms. The minimum absolute atomic E-state index is 0.468. The van der Waals surface area contributed by atoms with Crippen molar-refractivity contribution in [1.29, 1.82) is 0 Å². The molecule has 5 nitrogen and oxygen atoms in total. The van der Waals surface area contributed by atoms with Crippen molar-refractivity contribution in [3.8, 4) is 0 Å². The SMILES string of the molecule is CN=C(NCc1nc(C(C)C)cs1)NCc1ccc(N(C)C)cc1C. The molecule has 1 aromatic heterocycles. The van der Waals surface area contributed by atoms with Crippen LogP contribution in [-0.4, -0.2) is 32.1 Å².